The number of benzene rings is 3. The van der Waals surface area contributed by atoms with Crippen molar-refractivity contribution in [3.8, 4) is 22.3 Å². The van der Waals surface area contributed by atoms with Crippen molar-refractivity contribution in [3.05, 3.63) is 102 Å². The molecule has 0 heterocycles. The first kappa shape index (κ1) is 19.5. The topological polar surface area (TPSA) is 0 Å². The van der Waals surface area contributed by atoms with E-state index >= 15 is 0 Å². The molecule has 0 saturated carbocycles. The molecule has 3 aromatic carbocycles. The highest BCUT2D eigenvalue weighted by molar-refractivity contribution is 5.80. The summed E-state index contributed by atoms with van der Waals surface area (Å²) < 4.78 is 0. The van der Waals surface area contributed by atoms with Gasteiger partial charge in [0.25, 0.3) is 0 Å². The van der Waals surface area contributed by atoms with Gasteiger partial charge in [0.2, 0.25) is 0 Å². The second-order valence-electron chi connectivity index (χ2n) is 9.09. The molecule has 0 spiro atoms. The molecular formula is C29H30. The molecule has 0 atom stereocenters. The summed E-state index contributed by atoms with van der Waals surface area (Å²) in [6, 6.07) is 24.8. The van der Waals surface area contributed by atoms with Crippen LogP contribution in [0.3, 0.4) is 0 Å². The fourth-order valence-corrected chi connectivity index (χ4v) is 4.03. The lowest BCUT2D eigenvalue weighted by Crippen LogP contribution is -2.12. The van der Waals surface area contributed by atoms with Crippen molar-refractivity contribution in [1.29, 1.82) is 0 Å². The lowest BCUT2D eigenvalue weighted by molar-refractivity contribution is 0.592. The molecule has 3 aromatic rings. The second kappa shape index (κ2) is 7.87. The van der Waals surface area contributed by atoms with Crippen LogP contribution in [0.2, 0.25) is 0 Å². The first-order valence-corrected chi connectivity index (χ1v) is 10.6. The van der Waals surface area contributed by atoms with E-state index in [4.69, 9.17) is 0 Å². The maximum absolute atomic E-state index is 2.36. The van der Waals surface area contributed by atoms with Crippen LogP contribution in [0.4, 0.5) is 0 Å². The fourth-order valence-electron chi connectivity index (χ4n) is 4.03. The molecule has 0 aromatic heterocycles. The summed E-state index contributed by atoms with van der Waals surface area (Å²) in [4.78, 5) is 0. The Morgan fingerprint density at radius 1 is 0.655 bits per heavy atom. The van der Waals surface area contributed by atoms with Gasteiger partial charge in [-0.2, -0.15) is 0 Å². The second-order valence-corrected chi connectivity index (χ2v) is 9.09. The van der Waals surface area contributed by atoms with Crippen LogP contribution >= 0.6 is 0 Å². The quantitative estimate of drug-likeness (QED) is 0.429. The summed E-state index contributed by atoms with van der Waals surface area (Å²) in [5.41, 5.74) is 10.6. The minimum Gasteiger partial charge on any atom is -0.0836 e. The Hall–Kier alpha value is -2.86. The van der Waals surface area contributed by atoms with Crippen LogP contribution in [-0.2, 0) is 5.41 Å². The first-order valence-electron chi connectivity index (χ1n) is 10.6. The number of aryl methyl sites for hydroxylation is 1. The Kier molecular flexibility index (Phi) is 5.28. The molecule has 0 bridgehead atoms. The third kappa shape index (κ3) is 4.27. The summed E-state index contributed by atoms with van der Waals surface area (Å²) in [7, 11) is 0. The fraction of sp³-hybridized carbons (Fsp3) is 0.241. The van der Waals surface area contributed by atoms with Crippen molar-refractivity contribution in [2.75, 3.05) is 0 Å². The monoisotopic (exact) mass is 378 g/mol. The summed E-state index contributed by atoms with van der Waals surface area (Å²) in [6.45, 7) is 9.02. The molecule has 4 rings (SSSR count). The van der Waals surface area contributed by atoms with E-state index in [-0.39, 0.29) is 5.41 Å². The van der Waals surface area contributed by atoms with Crippen LogP contribution < -0.4 is 0 Å². The van der Waals surface area contributed by atoms with Crippen LogP contribution in [0.15, 0.2) is 85.0 Å². The number of allylic oxidation sites excluding steroid dienone is 4. The Morgan fingerprint density at radius 2 is 1.28 bits per heavy atom. The molecule has 0 saturated heterocycles. The van der Waals surface area contributed by atoms with Gasteiger partial charge in [0, 0.05) is 0 Å². The Balaban J connectivity index is 1.78. The normalized spacial score (nSPS) is 14.0. The average molecular weight is 379 g/mol. The Bertz CT molecular complexity index is 1050. The van der Waals surface area contributed by atoms with E-state index in [0.717, 1.165) is 12.8 Å². The van der Waals surface area contributed by atoms with Crippen LogP contribution in [0, 0.1) is 6.92 Å². The predicted molar refractivity (Wildman–Crippen MR) is 127 cm³/mol. The Morgan fingerprint density at radius 3 is 1.90 bits per heavy atom. The van der Waals surface area contributed by atoms with Gasteiger partial charge in [0.1, 0.15) is 0 Å². The van der Waals surface area contributed by atoms with Crippen molar-refractivity contribution < 1.29 is 0 Å². The zero-order chi connectivity index (χ0) is 20.4. The highest BCUT2D eigenvalue weighted by atomic mass is 14.2. The van der Waals surface area contributed by atoms with E-state index in [1.54, 1.807) is 0 Å². The van der Waals surface area contributed by atoms with Gasteiger partial charge < -0.3 is 0 Å². The number of hydrogen-bond acceptors (Lipinski definition) is 0. The molecule has 0 heteroatoms. The molecule has 1 aliphatic carbocycles. The molecule has 0 amide bonds. The van der Waals surface area contributed by atoms with Crippen LogP contribution in [0.25, 0.3) is 27.8 Å². The zero-order valence-corrected chi connectivity index (χ0v) is 18.0. The maximum Gasteiger partial charge on any atom is -0.0126 e. The van der Waals surface area contributed by atoms with Crippen molar-refractivity contribution in [1.82, 2.24) is 0 Å². The minimum absolute atomic E-state index is 0.0917. The third-order valence-corrected chi connectivity index (χ3v) is 5.74. The van der Waals surface area contributed by atoms with E-state index in [0.29, 0.717) is 0 Å². The van der Waals surface area contributed by atoms with Gasteiger partial charge in [-0.1, -0.05) is 105 Å². The van der Waals surface area contributed by atoms with Crippen LogP contribution in [0.5, 0.6) is 0 Å². The molecule has 0 N–H and O–H groups in total. The zero-order valence-electron chi connectivity index (χ0n) is 18.0. The lowest BCUT2D eigenvalue weighted by atomic mass is 9.80. The minimum atomic E-state index is 0.0917. The highest BCUT2D eigenvalue weighted by Crippen LogP contribution is 2.37. The van der Waals surface area contributed by atoms with Gasteiger partial charge >= 0.3 is 0 Å². The molecule has 0 unspecified atom stereocenters. The molecule has 0 radical (unpaired) electrons. The summed E-state index contributed by atoms with van der Waals surface area (Å²) in [5, 5.41) is 0. The van der Waals surface area contributed by atoms with Gasteiger partial charge in [-0.15, -0.1) is 0 Å². The van der Waals surface area contributed by atoms with Gasteiger partial charge in [-0.05, 0) is 70.2 Å². The van der Waals surface area contributed by atoms with Gasteiger partial charge in [-0.25, -0.2) is 0 Å². The van der Waals surface area contributed by atoms with Crippen molar-refractivity contribution in [3.63, 3.8) is 0 Å². The highest BCUT2D eigenvalue weighted by Gasteiger charge is 2.19. The lowest BCUT2D eigenvalue weighted by Gasteiger charge is -2.24. The van der Waals surface area contributed by atoms with Gasteiger partial charge in [0.15, 0.2) is 0 Å². The van der Waals surface area contributed by atoms with Crippen LogP contribution in [0.1, 0.15) is 50.3 Å². The molecule has 29 heavy (non-hydrogen) atoms. The first-order chi connectivity index (χ1) is 13.9. The van der Waals surface area contributed by atoms with E-state index in [1.807, 2.05) is 0 Å². The number of rotatable bonds is 3. The van der Waals surface area contributed by atoms with Gasteiger partial charge in [-0.3, -0.25) is 0 Å². The average Bonchev–Trinajstić information content (AvgIpc) is 2.74. The van der Waals surface area contributed by atoms with Crippen LogP contribution in [-0.4, -0.2) is 0 Å². The van der Waals surface area contributed by atoms with E-state index < -0.39 is 0 Å². The van der Waals surface area contributed by atoms with Gasteiger partial charge in [0.05, 0.1) is 0 Å². The van der Waals surface area contributed by atoms with E-state index in [1.165, 1.54) is 44.5 Å². The van der Waals surface area contributed by atoms with E-state index in [9.17, 15) is 0 Å². The van der Waals surface area contributed by atoms with Crippen molar-refractivity contribution >= 4 is 5.57 Å². The third-order valence-electron chi connectivity index (χ3n) is 5.74. The molecule has 0 fully saturated rings. The molecule has 0 aliphatic heterocycles. The molecule has 1 aliphatic rings. The summed E-state index contributed by atoms with van der Waals surface area (Å²) >= 11 is 0. The number of hydrogen-bond donors (Lipinski definition) is 0. The predicted octanol–water partition coefficient (Wildman–Crippen LogP) is 8.36. The molecule has 146 valence electrons. The molecule has 0 nitrogen and oxygen atoms in total. The SMILES string of the molecule is Cc1ccc(-c2ccc(C(C)(C)C)c(-c3ccc(C4=CCCC=C4)cc3)c2)cc1. The Labute approximate surface area is 175 Å². The van der Waals surface area contributed by atoms with Crippen molar-refractivity contribution in [2.24, 2.45) is 0 Å². The maximum atomic E-state index is 2.36. The standard InChI is InChI=1S/C29H30/c1-21-10-12-24(13-11-21)26-18-19-28(29(2,3)4)27(20-26)25-16-14-23(15-17-25)22-8-6-5-7-9-22/h6,8-20H,5,7H2,1-4H3. The smallest absolute Gasteiger partial charge is 0.0126 e. The van der Waals surface area contributed by atoms with Crippen molar-refractivity contribution in [2.45, 2.75) is 46.0 Å². The van der Waals surface area contributed by atoms with E-state index in [2.05, 4.69) is 113 Å². The summed E-state index contributed by atoms with van der Waals surface area (Å²) in [5.74, 6) is 0. The summed E-state index contributed by atoms with van der Waals surface area (Å²) in [6.07, 6.45) is 9.15. The molecular weight excluding hydrogens is 348 g/mol. The largest absolute Gasteiger partial charge is 0.0836 e.